The van der Waals surface area contributed by atoms with Gasteiger partial charge in [-0.2, -0.15) is 0 Å². The Kier molecular flexibility index (Phi) is 1.30. The fourth-order valence-corrected chi connectivity index (χ4v) is 1.16. The molecule has 0 unspecified atom stereocenters. The lowest BCUT2D eigenvalue weighted by Gasteiger charge is -1.88. The number of hydrogen-bond acceptors (Lipinski definition) is 4. The number of hydrogen-bond donors (Lipinski definition) is 0. The molecule has 0 spiro atoms. The zero-order chi connectivity index (χ0) is 8.72. The van der Waals surface area contributed by atoms with Crippen LogP contribution in [0.3, 0.4) is 0 Å². The van der Waals surface area contributed by atoms with Gasteiger partial charge < -0.3 is 8.94 Å². The van der Waals surface area contributed by atoms with Crippen LogP contribution in [-0.2, 0) is 0 Å². The van der Waals surface area contributed by atoms with Crippen LogP contribution in [0.5, 0.6) is 0 Å². The predicted octanol–water partition coefficient (Wildman–Crippen LogP) is 1.40. The average Bonchev–Trinajstić information content (AvgIpc) is 2.31. The summed E-state index contributed by atoms with van der Waals surface area (Å²) in [7, 11) is 0. The van der Waals surface area contributed by atoms with Crippen molar-refractivity contribution in [1.29, 1.82) is 0 Å². The quantitative estimate of drug-likeness (QED) is 0.592. The molecule has 62 valence electrons. The molecule has 0 aliphatic carbocycles. The molecule has 2 aromatic heterocycles. The first-order valence-corrected chi connectivity index (χ1v) is 3.55. The van der Waals surface area contributed by atoms with Gasteiger partial charge in [-0.05, 0) is 13.8 Å². The second kappa shape index (κ2) is 2.20. The summed E-state index contributed by atoms with van der Waals surface area (Å²) in [4.78, 5) is 11.2. The highest BCUT2D eigenvalue weighted by Crippen LogP contribution is 2.13. The van der Waals surface area contributed by atoms with Crippen LogP contribution in [-0.4, -0.2) is 5.16 Å². The van der Waals surface area contributed by atoms with Crippen LogP contribution in [0, 0.1) is 13.8 Å². The van der Waals surface area contributed by atoms with Crippen LogP contribution in [0.25, 0.3) is 10.9 Å². The van der Waals surface area contributed by atoms with Crippen LogP contribution in [0.4, 0.5) is 0 Å². The maximum Gasteiger partial charge on any atom is 0.349 e. The van der Waals surface area contributed by atoms with Crippen LogP contribution < -0.4 is 5.63 Å². The SMILES string of the molecule is Cc1cc2noc(C)c2c(=O)o1. The summed E-state index contributed by atoms with van der Waals surface area (Å²) in [5, 5.41) is 4.14. The minimum Gasteiger partial charge on any atom is -0.428 e. The zero-order valence-electron chi connectivity index (χ0n) is 6.75. The van der Waals surface area contributed by atoms with E-state index in [1.54, 1.807) is 19.9 Å². The first kappa shape index (κ1) is 7.09. The van der Waals surface area contributed by atoms with Crippen molar-refractivity contribution in [3.8, 4) is 0 Å². The largest absolute Gasteiger partial charge is 0.428 e. The van der Waals surface area contributed by atoms with Gasteiger partial charge in [-0.25, -0.2) is 4.79 Å². The third-order valence-corrected chi connectivity index (χ3v) is 1.69. The van der Waals surface area contributed by atoms with E-state index in [4.69, 9.17) is 8.94 Å². The van der Waals surface area contributed by atoms with E-state index in [0.717, 1.165) is 0 Å². The summed E-state index contributed by atoms with van der Waals surface area (Å²) in [6, 6.07) is 1.67. The molecule has 0 aromatic carbocycles. The van der Waals surface area contributed by atoms with Gasteiger partial charge in [0.1, 0.15) is 22.4 Å². The van der Waals surface area contributed by atoms with E-state index in [9.17, 15) is 4.79 Å². The molecule has 0 N–H and O–H groups in total. The summed E-state index contributed by atoms with van der Waals surface area (Å²) in [6.07, 6.45) is 0. The molecule has 0 bridgehead atoms. The van der Waals surface area contributed by atoms with Gasteiger partial charge in [0, 0.05) is 6.07 Å². The molecular formula is C8H7NO3. The lowest BCUT2D eigenvalue weighted by atomic mass is 10.3. The van der Waals surface area contributed by atoms with E-state index >= 15 is 0 Å². The highest BCUT2D eigenvalue weighted by atomic mass is 16.5. The second-order valence-electron chi connectivity index (χ2n) is 2.64. The normalized spacial score (nSPS) is 10.8. The van der Waals surface area contributed by atoms with Gasteiger partial charge in [0.15, 0.2) is 0 Å². The van der Waals surface area contributed by atoms with Gasteiger partial charge in [-0.1, -0.05) is 5.16 Å². The molecule has 0 saturated heterocycles. The summed E-state index contributed by atoms with van der Waals surface area (Å²) in [5.41, 5.74) is 0.171. The molecule has 0 fully saturated rings. The Hall–Kier alpha value is -1.58. The first-order valence-electron chi connectivity index (χ1n) is 3.55. The van der Waals surface area contributed by atoms with Crippen LogP contribution in [0.1, 0.15) is 11.5 Å². The van der Waals surface area contributed by atoms with E-state index in [1.807, 2.05) is 0 Å². The highest BCUT2D eigenvalue weighted by molar-refractivity contribution is 5.78. The van der Waals surface area contributed by atoms with Gasteiger partial charge >= 0.3 is 5.63 Å². The Labute approximate surface area is 67.8 Å². The smallest absolute Gasteiger partial charge is 0.349 e. The third-order valence-electron chi connectivity index (χ3n) is 1.69. The van der Waals surface area contributed by atoms with Crippen molar-refractivity contribution in [2.75, 3.05) is 0 Å². The Morgan fingerprint density at radius 2 is 2.17 bits per heavy atom. The first-order chi connectivity index (χ1) is 5.68. The Morgan fingerprint density at radius 3 is 2.92 bits per heavy atom. The zero-order valence-corrected chi connectivity index (χ0v) is 6.75. The number of nitrogens with zero attached hydrogens (tertiary/aromatic N) is 1. The van der Waals surface area contributed by atoms with E-state index < -0.39 is 0 Å². The molecule has 0 aliphatic rings. The summed E-state index contributed by atoms with van der Waals surface area (Å²) in [6.45, 7) is 3.38. The minimum absolute atomic E-state index is 0.385. The number of aryl methyl sites for hydroxylation is 2. The van der Waals surface area contributed by atoms with E-state index in [0.29, 0.717) is 22.4 Å². The maximum atomic E-state index is 11.2. The average molecular weight is 165 g/mol. The fourth-order valence-electron chi connectivity index (χ4n) is 1.16. The Bertz CT molecular complexity index is 480. The van der Waals surface area contributed by atoms with Crippen molar-refractivity contribution in [3.63, 3.8) is 0 Å². The monoisotopic (exact) mass is 165 g/mol. The molecule has 2 aromatic rings. The molecule has 0 atom stereocenters. The lowest BCUT2D eigenvalue weighted by molar-refractivity contribution is 0.405. The molecule has 12 heavy (non-hydrogen) atoms. The van der Waals surface area contributed by atoms with Crippen molar-refractivity contribution < 1.29 is 8.94 Å². The van der Waals surface area contributed by atoms with Crippen molar-refractivity contribution in [3.05, 3.63) is 28.0 Å². The number of fused-ring (bicyclic) bond motifs is 1. The molecule has 0 aliphatic heterocycles. The number of rotatable bonds is 0. The standard InChI is InChI=1S/C8H7NO3/c1-4-3-6-7(8(10)11-4)5(2)12-9-6/h3H,1-2H3. The van der Waals surface area contributed by atoms with Crippen LogP contribution in [0.15, 0.2) is 19.8 Å². The van der Waals surface area contributed by atoms with Gasteiger partial charge in [-0.15, -0.1) is 0 Å². The van der Waals surface area contributed by atoms with Gasteiger partial charge in [0.2, 0.25) is 0 Å². The Morgan fingerprint density at radius 1 is 1.42 bits per heavy atom. The molecule has 4 nitrogen and oxygen atoms in total. The van der Waals surface area contributed by atoms with Gasteiger partial charge in [0.25, 0.3) is 0 Å². The summed E-state index contributed by atoms with van der Waals surface area (Å²) < 4.78 is 9.71. The van der Waals surface area contributed by atoms with Gasteiger partial charge in [0.05, 0.1) is 0 Å². The van der Waals surface area contributed by atoms with E-state index in [2.05, 4.69) is 5.16 Å². The second-order valence-corrected chi connectivity index (χ2v) is 2.64. The fraction of sp³-hybridized carbons (Fsp3) is 0.250. The molecule has 2 heterocycles. The van der Waals surface area contributed by atoms with Crippen LogP contribution in [0.2, 0.25) is 0 Å². The lowest BCUT2D eigenvalue weighted by Crippen LogP contribution is -1.99. The summed E-state index contributed by atoms with van der Waals surface area (Å²) >= 11 is 0. The third kappa shape index (κ3) is 0.845. The maximum absolute atomic E-state index is 11.2. The Balaban J connectivity index is 3.03. The molecular weight excluding hydrogens is 158 g/mol. The number of aromatic nitrogens is 1. The molecule has 0 saturated carbocycles. The highest BCUT2D eigenvalue weighted by Gasteiger charge is 2.09. The summed E-state index contributed by atoms with van der Waals surface area (Å²) in [5.74, 6) is 1.04. The molecule has 0 radical (unpaired) electrons. The van der Waals surface area contributed by atoms with Crippen LogP contribution >= 0.6 is 0 Å². The van der Waals surface area contributed by atoms with E-state index in [-0.39, 0.29) is 5.63 Å². The van der Waals surface area contributed by atoms with Crippen molar-refractivity contribution in [2.45, 2.75) is 13.8 Å². The van der Waals surface area contributed by atoms with Crippen molar-refractivity contribution in [2.24, 2.45) is 0 Å². The van der Waals surface area contributed by atoms with Crippen molar-refractivity contribution in [1.82, 2.24) is 5.16 Å². The van der Waals surface area contributed by atoms with Crippen molar-refractivity contribution >= 4 is 10.9 Å². The molecule has 0 amide bonds. The van der Waals surface area contributed by atoms with Gasteiger partial charge in [-0.3, -0.25) is 0 Å². The minimum atomic E-state index is -0.385. The molecule has 2 rings (SSSR count). The van der Waals surface area contributed by atoms with E-state index in [1.165, 1.54) is 0 Å². The predicted molar refractivity (Wildman–Crippen MR) is 42.0 cm³/mol. The molecule has 4 heteroatoms. The topological polar surface area (TPSA) is 56.2 Å².